The Hall–Kier alpha value is -2.37. The van der Waals surface area contributed by atoms with Crippen LogP contribution in [0.1, 0.15) is 22.8 Å². The van der Waals surface area contributed by atoms with Crippen molar-refractivity contribution in [3.8, 4) is 0 Å². The molecule has 0 saturated carbocycles. The number of amides is 2. The standard InChI is InChI=1S/C10H11N3O3/c1-6(12-13-10(11)16)7-2-4-8(5-3-7)9(14)15/h2-5H,1H3,(H,14,15)(H3,11,13,16)/b12-6+. The fraction of sp³-hybridized carbons (Fsp3) is 0.100. The Morgan fingerprint density at radius 2 is 1.75 bits per heavy atom. The van der Waals surface area contributed by atoms with Crippen LogP contribution < -0.4 is 11.2 Å². The summed E-state index contributed by atoms with van der Waals surface area (Å²) in [5.74, 6) is -0.989. The highest BCUT2D eigenvalue weighted by atomic mass is 16.4. The van der Waals surface area contributed by atoms with Crippen LogP contribution in [0.25, 0.3) is 0 Å². The van der Waals surface area contributed by atoms with Crippen molar-refractivity contribution in [2.24, 2.45) is 10.8 Å². The Kier molecular flexibility index (Phi) is 3.60. The van der Waals surface area contributed by atoms with Crippen LogP contribution in [0.2, 0.25) is 0 Å². The van der Waals surface area contributed by atoms with E-state index in [9.17, 15) is 9.59 Å². The van der Waals surface area contributed by atoms with E-state index in [0.717, 1.165) is 0 Å². The van der Waals surface area contributed by atoms with Crippen LogP contribution in [-0.4, -0.2) is 22.8 Å². The van der Waals surface area contributed by atoms with Gasteiger partial charge in [-0.3, -0.25) is 0 Å². The van der Waals surface area contributed by atoms with Crippen LogP contribution in [0.15, 0.2) is 29.4 Å². The van der Waals surface area contributed by atoms with E-state index in [1.165, 1.54) is 12.1 Å². The van der Waals surface area contributed by atoms with E-state index in [1.807, 2.05) is 0 Å². The number of urea groups is 1. The quantitative estimate of drug-likeness (QED) is 0.518. The summed E-state index contributed by atoms with van der Waals surface area (Å²) >= 11 is 0. The monoisotopic (exact) mass is 221 g/mol. The smallest absolute Gasteiger partial charge is 0.335 e. The highest BCUT2D eigenvalue weighted by Gasteiger charge is 2.03. The van der Waals surface area contributed by atoms with Crippen molar-refractivity contribution < 1.29 is 14.7 Å². The SMILES string of the molecule is C/C(=N\NC(N)=O)c1ccc(C(=O)O)cc1. The highest BCUT2D eigenvalue weighted by molar-refractivity contribution is 6.00. The van der Waals surface area contributed by atoms with Gasteiger partial charge in [0.05, 0.1) is 11.3 Å². The van der Waals surface area contributed by atoms with Gasteiger partial charge < -0.3 is 10.8 Å². The largest absolute Gasteiger partial charge is 0.478 e. The number of nitrogens with two attached hydrogens (primary N) is 1. The van der Waals surface area contributed by atoms with Crippen LogP contribution in [0, 0.1) is 0 Å². The van der Waals surface area contributed by atoms with Gasteiger partial charge in [0, 0.05) is 0 Å². The number of carboxylic acid groups (broad SMARTS) is 1. The van der Waals surface area contributed by atoms with E-state index >= 15 is 0 Å². The first-order valence-electron chi connectivity index (χ1n) is 4.44. The fourth-order valence-corrected chi connectivity index (χ4v) is 1.06. The van der Waals surface area contributed by atoms with Crippen molar-refractivity contribution >= 4 is 17.7 Å². The summed E-state index contributed by atoms with van der Waals surface area (Å²) in [5, 5.41) is 12.4. The average molecular weight is 221 g/mol. The Bertz CT molecular complexity index is 437. The number of nitrogens with one attached hydrogen (secondary N) is 1. The molecule has 0 aliphatic rings. The average Bonchev–Trinajstić information content (AvgIpc) is 2.26. The molecule has 4 N–H and O–H groups in total. The summed E-state index contributed by atoms with van der Waals surface area (Å²) in [6.07, 6.45) is 0. The summed E-state index contributed by atoms with van der Waals surface area (Å²) in [6, 6.07) is 5.37. The van der Waals surface area contributed by atoms with Gasteiger partial charge in [-0.05, 0) is 24.6 Å². The van der Waals surface area contributed by atoms with Crippen LogP contribution >= 0.6 is 0 Å². The lowest BCUT2D eigenvalue weighted by molar-refractivity contribution is 0.0697. The van der Waals surface area contributed by atoms with Gasteiger partial charge in [0.15, 0.2) is 0 Å². The molecule has 1 rings (SSSR count). The lowest BCUT2D eigenvalue weighted by Gasteiger charge is -2.01. The first kappa shape index (κ1) is 11.7. The van der Waals surface area contributed by atoms with Gasteiger partial charge in [0.25, 0.3) is 0 Å². The van der Waals surface area contributed by atoms with Gasteiger partial charge in [-0.25, -0.2) is 15.0 Å². The minimum absolute atomic E-state index is 0.194. The molecule has 0 fully saturated rings. The molecular formula is C10H11N3O3. The van der Waals surface area contributed by atoms with Crippen molar-refractivity contribution in [1.29, 1.82) is 0 Å². The molecule has 0 aliphatic heterocycles. The lowest BCUT2D eigenvalue weighted by atomic mass is 10.1. The van der Waals surface area contributed by atoms with E-state index in [4.69, 9.17) is 10.8 Å². The number of benzene rings is 1. The molecule has 16 heavy (non-hydrogen) atoms. The second kappa shape index (κ2) is 4.92. The lowest BCUT2D eigenvalue weighted by Crippen LogP contribution is -2.25. The minimum atomic E-state index is -0.989. The molecule has 0 bridgehead atoms. The van der Waals surface area contributed by atoms with Gasteiger partial charge in [0.2, 0.25) is 0 Å². The third kappa shape index (κ3) is 3.09. The predicted molar refractivity (Wildman–Crippen MR) is 58.3 cm³/mol. The number of aromatic carboxylic acids is 1. The summed E-state index contributed by atoms with van der Waals surface area (Å²) in [5.41, 5.74) is 8.38. The molecular weight excluding hydrogens is 210 g/mol. The number of hydrogen-bond donors (Lipinski definition) is 3. The number of carbonyl (C=O) groups is 2. The summed E-state index contributed by atoms with van der Waals surface area (Å²) < 4.78 is 0. The molecule has 0 spiro atoms. The maximum absolute atomic E-state index is 10.6. The number of primary amides is 1. The Balaban J connectivity index is 2.85. The summed E-state index contributed by atoms with van der Waals surface area (Å²) in [7, 11) is 0. The molecule has 6 heteroatoms. The predicted octanol–water partition coefficient (Wildman–Crippen LogP) is 0.777. The van der Waals surface area contributed by atoms with Crippen molar-refractivity contribution in [2.75, 3.05) is 0 Å². The van der Waals surface area contributed by atoms with Crippen molar-refractivity contribution in [3.63, 3.8) is 0 Å². The molecule has 6 nitrogen and oxygen atoms in total. The molecule has 0 aliphatic carbocycles. The number of nitrogens with zero attached hydrogens (tertiary/aromatic N) is 1. The number of carbonyl (C=O) groups excluding carboxylic acids is 1. The van der Waals surface area contributed by atoms with Crippen LogP contribution in [0.4, 0.5) is 4.79 Å². The van der Waals surface area contributed by atoms with Crippen molar-refractivity contribution in [3.05, 3.63) is 35.4 Å². The Morgan fingerprint density at radius 3 is 2.19 bits per heavy atom. The molecule has 0 heterocycles. The number of hydrazone groups is 1. The zero-order valence-electron chi connectivity index (χ0n) is 8.60. The van der Waals surface area contributed by atoms with Crippen LogP contribution in [0.5, 0.6) is 0 Å². The summed E-state index contributed by atoms with van der Waals surface area (Å²) in [6.45, 7) is 1.67. The third-order valence-corrected chi connectivity index (χ3v) is 1.88. The van der Waals surface area contributed by atoms with E-state index in [1.54, 1.807) is 19.1 Å². The Morgan fingerprint density at radius 1 is 1.25 bits per heavy atom. The van der Waals surface area contributed by atoms with E-state index in [-0.39, 0.29) is 5.56 Å². The van der Waals surface area contributed by atoms with Crippen molar-refractivity contribution in [1.82, 2.24) is 5.43 Å². The van der Waals surface area contributed by atoms with E-state index in [0.29, 0.717) is 11.3 Å². The highest BCUT2D eigenvalue weighted by Crippen LogP contribution is 2.05. The molecule has 1 aromatic rings. The zero-order valence-corrected chi connectivity index (χ0v) is 8.60. The zero-order chi connectivity index (χ0) is 12.1. The van der Waals surface area contributed by atoms with Crippen molar-refractivity contribution in [2.45, 2.75) is 6.92 Å². The maximum Gasteiger partial charge on any atom is 0.335 e. The second-order valence-corrected chi connectivity index (χ2v) is 3.06. The number of hydrogen-bond acceptors (Lipinski definition) is 3. The molecule has 2 amide bonds. The number of rotatable bonds is 3. The first-order valence-corrected chi connectivity index (χ1v) is 4.44. The number of carboxylic acids is 1. The molecule has 0 unspecified atom stereocenters. The second-order valence-electron chi connectivity index (χ2n) is 3.06. The minimum Gasteiger partial charge on any atom is -0.478 e. The van der Waals surface area contributed by atoms with E-state index in [2.05, 4.69) is 10.5 Å². The van der Waals surface area contributed by atoms with Gasteiger partial charge in [-0.1, -0.05) is 12.1 Å². The Labute approximate surface area is 91.8 Å². The fourth-order valence-electron chi connectivity index (χ4n) is 1.06. The molecule has 0 saturated heterocycles. The maximum atomic E-state index is 10.6. The normalized spacial score (nSPS) is 10.9. The first-order chi connectivity index (χ1) is 7.50. The van der Waals surface area contributed by atoms with Gasteiger partial charge in [-0.15, -0.1) is 0 Å². The molecule has 0 radical (unpaired) electrons. The summed E-state index contributed by atoms with van der Waals surface area (Å²) in [4.78, 5) is 21.0. The van der Waals surface area contributed by atoms with Crippen LogP contribution in [0.3, 0.4) is 0 Å². The van der Waals surface area contributed by atoms with E-state index < -0.39 is 12.0 Å². The third-order valence-electron chi connectivity index (χ3n) is 1.88. The van der Waals surface area contributed by atoms with Crippen LogP contribution in [-0.2, 0) is 0 Å². The molecule has 1 aromatic carbocycles. The van der Waals surface area contributed by atoms with Gasteiger partial charge in [0.1, 0.15) is 0 Å². The topological polar surface area (TPSA) is 105 Å². The molecule has 0 aromatic heterocycles. The van der Waals surface area contributed by atoms with Gasteiger partial charge >= 0.3 is 12.0 Å². The molecule has 0 atom stereocenters. The van der Waals surface area contributed by atoms with Gasteiger partial charge in [-0.2, -0.15) is 5.10 Å². The molecule has 84 valence electrons.